The van der Waals surface area contributed by atoms with E-state index < -0.39 is 0 Å². The van der Waals surface area contributed by atoms with Crippen LogP contribution < -0.4 is 10.6 Å². The minimum atomic E-state index is -0.194. The Labute approximate surface area is 161 Å². The molecule has 0 aliphatic rings. The molecule has 0 bridgehead atoms. The van der Waals surface area contributed by atoms with E-state index in [0.29, 0.717) is 6.54 Å². The van der Waals surface area contributed by atoms with Gasteiger partial charge in [0.05, 0.1) is 0 Å². The molecule has 138 valence electrons. The molecular formula is C24H27N2O+. The lowest BCUT2D eigenvalue weighted by Crippen LogP contribution is -2.92. The second-order valence-electron chi connectivity index (χ2n) is 6.98. The molecule has 0 saturated heterocycles. The minimum absolute atomic E-state index is 0.0481. The molecule has 2 atom stereocenters. The fourth-order valence-corrected chi connectivity index (χ4v) is 3.17. The molecule has 0 spiro atoms. The third-order valence-electron chi connectivity index (χ3n) is 4.80. The zero-order chi connectivity index (χ0) is 19.1. The summed E-state index contributed by atoms with van der Waals surface area (Å²) in [6.07, 6.45) is 0. The molecule has 3 N–H and O–H groups in total. The van der Waals surface area contributed by atoms with E-state index in [1.165, 1.54) is 16.7 Å². The third-order valence-corrected chi connectivity index (χ3v) is 4.80. The maximum absolute atomic E-state index is 12.6. The van der Waals surface area contributed by atoms with Gasteiger partial charge < -0.3 is 10.6 Å². The van der Waals surface area contributed by atoms with Crippen molar-refractivity contribution in [2.75, 3.05) is 0 Å². The van der Waals surface area contributed by atoms with Gasteiger partial charge in [-0.3, -0.25) is 4.79 Å². The Balaban J connectivity index is 1.71. The lowest BCUT2D eigenvalue weighted by Gasteiger charge is -2.21. The largest absolute Gasteiger partial charge is 0.347 e. The minimum Gasteiger partial charge on any atom is -0.347 e. The van der Waals surface area contributed by atoms with Crippen molar-refractivity contribution in [1.82, 2.24) is 5.32 Å². The van der Waals surface area contributed by atoms with Gasteiger partial charge in [-0.2, -0.15) is 0 Å². The van der Waals surface area contributed by atoms with Gasteiger partial charge in [-0.05, 0) is 19.4 Å². The number of carbonyl (C=O) groups is 1. The van der Waals surface area contributed by atoms with E-state index >= 15 is 0 Å². The van der Waals surface area contributed by atoms with Crippen molar-refractivity contribution >= 4 is 5.91 Å². The number of amides is 1. The molecule has 3 aromatic rings. The van der Waals surface area contributed by atoms with Crippen LogP contribution in [-0.4, -0.2) is 11.9 Å². The van der Waals surface area contributed by atoms with Crippen LogP contribution >= 0.6 is 0 Å². The summed E-state index contributed by atoms with van der Waals surface area (Å²) in [4.78, 5) is 12.6. The first kappa shape index (κ1) is 18.9. The average molecular weight is 359 g/mol. The molecule has 0 aliphatic carbocycles. The number of nitrogens with two attached hydrogens (primary N) is 1. The summed E-state index contributed by atoms with van der Waals surface area (Å²) in [7, 11) is 0. The highest BCUT2D eigenvalue weighted by Crippen LogP contribution is 2.19. The molecule has 3 aromatic carbocycles. The number of nitrogens with one attached hydrogen (secondary N) is 1. The first-order chi connectivity index (χ1) is 13.1. The number of carbonyl (C=O) groups excluding carboxylic acids is 1. The smallest absolute Gasteiger partial charge is 0.278 e. The predicted octanol–water partition coefficient (Wildman–Crippen LogP) is 3.35. The predicted molar refractivity (Wildman–Crippen MR) is 109 cm³/mol. The summed E-state index contributed by atoms with van der Waals surface area (Å²) < 4.78 is 0. The normalized spacial score (nSPS) is 13.0. The van der Waals surface area contributed by atoms with E-state index in [-0.39, 0.29) is 18.0 Å². The second kappa shape index (κ2) is 9.15. The van der Waals surface area contributed by atoms with Crippen molar-refractivity contribution in [3.63, 3.8) is 0 Å². The summed E-state index contributed by atoms with van der Waals surface area (Å²) in [5.41, 5.74) is 4.74. The molecule has 3 rings (SSSR count). The molecule has 3 heteroatoms. The maximum atomic E-state index is 12.6. The molecule has 0 unspecified atom stereocenters. The van der Waals surface area contributed by atoms with Crippen LogP contribution in [0.25, 0.3) is 0 Å². The van der Waals surface area contributed by atoms with E-state index in [0.717, 1.165) is 5.56 Å². The van der Waals surface area contributed by atoms with E-state index in [1.807, 2.05) is 55.5 Å². The molecule has 1 amide bonds. The molecule has 0 radical (unpaired) electrons. The Morgan fingerprint density at radius 3 is 2.04 bits per heavy atom. The van der Waals surface area contributed by atoms with Gasteiger partial charge in [-0.1, -0.05) is 90.5 Å². The number of benzene rings is 3. The van der Waals surface area contributed by atoms with Crippen LogP contribution in [0, 0.1) is 6.92 Å². The number of quaternary nitrogens is 1. The second-order valence-corrected chi connectivity index (χ2v) is 6.98. The van der Waals surface area contributed by atoms with Gasteiger partial charge in [-0.15, -0.1) is 0 Å². The Bertz CT molecular complexity index is 845. The Morgan fingerprint density at radius 2 is 1.41 bits per heavy atom. The monoisotopic (exact) mass is 359 g/mol. The lowest BCUT2D eigenvalue weighted by atomic mass is 9.97. The number of aryl methyl sites for hydroxylation is 1. The highest BCUT2D eigenvalue weighted by molar-refractivity contribution is 5.79. The first-order valence-electron chi connectivity index (χ1n) is 9.41. The highest BCUT2D eigenvalue weighted by atomic mass is 16.2. The van der Waals surface area contributed by atoms with Crippen molar-refractivity contribution in [3.05, 3.63) is 107 Å². The van der Waals surface area contributed by atoms with Crippen molar-refractivity contribution in [2.45, 2.75) is 32.5 Å². The standard InChI is InChI=1S/C24H26N2O/c1-18-13-15-22(16-14-18)23(21-11-7-4-8-12-21)26-19(2)24(27)25-17-20-9-5-3-6-10-20/h3-16,19,23,26H,17H2,1-2H3,(H,25,27)/p+1/t19-,23+/m1/s1. The van der Waals surface area contributed by atoms with Gasteiger partial charge in [0, 0.05) is 17.7 Å². The number of hydrogen-bond acceptors (Lipinski definition) is 1. The average Bonchev–Trinajstić information content (AvgIpc) is 2.72. The van der Waals surface area contributed by atoms with E-state index in [2.05, 4.69) is 54.0 Å². The van der Waals surface area contributed by atoms with E-state index in [4.69, 9.17) is 0 Å². The van der Waals surface area contributed by atoms with Crippen LogP contribution in [0.15, 0.2) is 84.9 Å². The van der Waals surface area contributed by atoms with Crippen molar-refractivity contribution in [3.8, 4) is 0 Å². The molecule has 0 aromatic heterocycles. The van der Waals surface area contributed by atoms with Gasteiger partial charge in [0.1, 0.15) is 6.04 Å². The van der Waals surface area contributed by atoms with Gasteiger partial charge in [0.15, 0.2) is 6.04 Å². The van der Waals surface area contributed by atoms with Gasteiger partial charge in [-0.25, -0.2) is 0 Å². The summed E-state index contributed by atoms with van der Waals surface area (Å²) in [6, 6.07) is 28.8. The maximum Gasteiger partial charge on any atom is 0.278 e. The van der Waals surface area contributed by atoms with Gasteiger partial charge in [0.25, 0.3) is 5.91 Å². The molecule has 27 heavy (non-hydrogen) atoms. The highest BCUT2D eigenvalue weighted by Gasteiger charge is 2.24. The van der Waals surface area contributed by atoms with E-state index in [1.54, 1.807) is 0 Å². The topological polar surface area (TPSA) is 45.7 Å². The summed E-state index contributed by atoms with van der Waals surface area (Å²) in [5, 5.41) is 5.19. The zero-order valence-electron chi connectivity index (χ0n) is 15.9. The van der Waals surface area contributed by atoms with Crippen LogP contribution in [-0.2, 0) is 11.3 Å². The first-order valence-corrected chi connectivity index (χ1v) is 9.41. The molecule has 0 saturated carbocycles. The van der Waals surface area contributed by atoms with Crippen molar-refractivity contribution < 1.29 is 10.1 Å². The molecule has 0 heterocycles. The molecule has 0 fully saturated rings. The Hall–Kier alpha value is -2.91. The van der Waals surface area contributed by atoms with Crippen molar-refractivity contribution in [1.29, 1.82) is 0 Å². The Morgan fingerprint density at radius 1 is 0.852 bits per heavy atom. The SMILES string of the molecule is Cc1ccc([C@@H]([NH2+][C@H](C)C(=O)NCc2ccccc2)c2ccccc2)cc1. The van der Waals surface area contributed by atoms with Crippen LogP contribution in [0.2, 0.25) is 0 Å². The van der Waals surface area contributed by atoms with Gasteiger partial charge >= 0.3 is 0 Å². The van der Waals surface area contributed by atoms with Gasteiger partial charge in [0.2, 0.25) is 0 Å². The number of hydrogen-bond donors (Lipinski definition) is 2. The zero-order valence-corrected chi connectivity index (χ0v) is 15.9. The van der Waals surface area contributed by atoms with E-state index in [9.17, 15) is 4.79 Å². The summed E-state index contributed by atoms with van der Waals surface area (Å²) in [6.45, 7) is 4.60. The summed E-state index contributed by atoms with van der Waals surface area (Å²) in [5.74, 6) is 0.0481. The third kappa shape index (κ3) is 5.28. The van der Waals surface area contributed by atoms with Crippen LogP contribution in [0.4, 0.5) is 0 Å². The van der Waals surface area contributed by atoms with Crippen LogP contribution in [0.3, 0.4) is 0 Å². The quantitative estimate of drug-likeness (QED) is 0.668. The van der Waals surface area contributed by atoms with Crippen LogP contribution in [0.1, 0.15) is 35.2 Å². The summed E-state index contributed by atoms with van der Waals surface area (Å²) >= 11 is 0. The van der Waals surface area contributed by atoms with Crippen molar-refractivity contribution in [2.24, 2.45) is 0 Å². The van der Waals surface area contributed by atoms with Crippen LogP contribution in [0.5, 0.6) is 0 Å². The Kier molecular flexibility index (Phi) is 6.39. The number of rotatable bonds is 7. The lowest BCUT2D eigenvalue weighted by molar-refractivity contribution is -0.704. The molecule has 3 nitrogen and oxygen atoms in total. The fourth-order valence-electron chi connectivity index (χ4n) is 3.17. The molecule has 0 aliphatic heterocycles. The molecular weight excluding hydrogens is 332 g/mol. The fraction of sp³-hybridized carbons (Fsp3) is 0.208.